The van der Waals surface area contributed by atoms with E-state index in [1.54, 1.807) is 0 Å². The van der Waals surface area contributed by atoms with Gasteiger partial charge in [-0.2, -0.15) is 5.26 Å². The smallest absolute Gasteiger partial charge is 0.211 e. The normalized spacial score (nSPS) is 11.1. The maximum atomic E-state index is 8.84. The van der Waals surface area contributed by atoms with Crippen molar-refractivity contribution in [1.82, 2.24) is 14.9 Å². The average molecular weight is 324 g/mol. The number of nitrogens with one attached hydrogen (secondary N) is 2. The molecule has 0 radical (unpaired) electrons. The summed E-state index contributed by atoms with van der Waals surface area (Å²) in [7, 11) is 0. The van der Waals surface area contributed by atoms with Crippen molar-refractivity contribution in [3.63, 3.8) is 0 Å². The molecule has 0 bridgehead atoms. The summed E-state index contributed by atoms with van der Waals surface area (Å²) in [5.41, 5.74) is 3.25. The summed E-state index contributed by atoms with van der Waals surface area (Å²) < 4.78 is 2.05. The highest BCUT2D eigenvalue weighted by molar-refractivity contribution is 5.94. The van der Waals surface area contributed by atoms with Gasteiger partial charge in [-0.3, -0.25) is 0 Å². The second-order valence-corrected chi connectivity index (χ2v) is 5.67. The Morgan fingerprint density at radius 3 is 2.75 bits per heavy atom. The van der Waals surface area contributed by atoms with Gasteiger partial charge in [0.1, 0.15) is 0 Å². The topological polar surface area (TPSA) is 78.0 Å². The van der Waals surface area contributed by atoms with Crippen molar-refractivity contribution in [1.29, 1.82) is 5.26 Å². The number of guanidine groups is 1. The van der Waals surface area contributed by atoms with Crippen LogP contribution >= 0.6 is 0 Å². The SMILES string of the molecule is CCCc1ccc(N/C(=N/C#N)NCCCn2cnc(C)c2)cc1. The fourth-order valence-corrected chi connectivity index (χ4v) is 2.40. The number of rotatable bonds is 7. The monoisotopic (exact) mass is 324 g/mol. The first-order valence-electron chi connectivity index (χ1n) is 8.26. The predicted molar refractivity (Wildman–Crippen MR) is 96.7 cm³/mol. The third kappa shape index (κ3) is 5.76. The Morgan fingerprint density at radius 1 is 1.33 bits per heavy atom. The van der Waals surface area contributed by atoms with Gasteiger partial charge >= 0.3 is 0 Å². The summed E-state index contributed by atoms with van der Waals surface area (Å²) in [4.78, 5) is 8.01. The fourth-order valence-electron chi connectivity index (χ4n) is 2.40. The third-order valence-electron chi connectivity index (χ3n) is 3.57. The molecule has 0 spiro atoms. The predicted octanol–water partition coefficient (Wildman–Crippen LogP) is 3.07. The van der Waals surface area contributed by atoms with Crippen molar-refractivity contribution in [2.75, 3.05) is 11.9 Å². The highest BCUT2D eigenvalue weighted by Gasteiger charge is 2.01. The number of hydrogen-bond acceptors (Lipinski definition) is 3. The van der Waals surface area contributed by atoms with Crippen LogP contribution in [0.15, 0.2) is 41.8 Å². The molecule has 0 fully saturated rings. The zero-order valence-electron chi connectivity index (χ0n) is 14.3. The van der Waals surface area contributed by atoms with Gasteiger partial charge in [-0.05, 0) is 37.5 Å². The average Bonchev–Trinajstić information content (AvgIpc) is 2.99. The molecule has 0 aliphatic rings. The molecule has 0 aliphatic carbocycles. The van der Waals surface area contributed by atoms with Crippen LogP contribution in [-0.2, 0) is 13.0 Å². The second kappa shape index (κ2) is 9.36. The van der Waals surface area contributed by atoms with Crippen LogP contribution in [0.1, 0.15) is 31.0 Å². The summed E-state index contributed by atoms with van der Waals surface area (Å²) in [5.74, 6) is 0.475. The molecule has 0 saturated heterocycles. The van der Waals surface area contributed by atoms with Crippen LogP contribution in [0.3, 0.4) is 0 Å². The highest BCUT2D eigenvalue weighted by Crippen LogP contribution is 2.10. The van der Waals surface area contributed by atoms with Crippen LogP contribution in [0, 0.1) is 18.4 Å². The van der Waals surface area contributed by atoms with E-state index in [1.165, 1.54) is 5.56 Å². The summed E-state index contributed by atoms with van der Waals surface area (Å²) >= 11 is 0. The third-order valence-corrected chi connectivity index (χ3v) is 3.57. The summed E-state index contributed by atoms with van der Waals surface area (Å²) in [6.07, 6.45) is 8.79. The first-order chi connectivity index (χ1) is 11.7. The van der Waals surface area contributed by atoms with Crippen molar-refractivity contribution in [3.8, 4) is 6.19 Å². The molecule has 1 aromatic carbocycles. The van der Waals surface area contributed by atoms with Crippen molar-refractivity contribution >= 4 is 11.6 Å². The summed E-state index contributed by atoms with van der Waals surface area (Å²) in [6.45, 7) is 5.74. The molecule has 0 atom stereocenters. The van der Waals surface area contributed by atoms with E-state index in [-0.39, 0.29) is 0 Å². The van der Waals surface area contributed by atoms with Crippen LogP contribution in [0.2, 0.25) is 0 Å². The molecule has 2 rings (SSSR count). The number of imidazole rings is 1. The minimum Gasteiger partial charge on any atom is -0.355 e. The number of anilines is 1. The van der Waals surface area contributed by atoms with Crippen molar-refractivity contribution in [3.05, 3.63) is 48.0 Å². The van der Waals surface area contributed by atoms with Gasteiger partial charge in [0.25, 0.3) is 0 Å². The van der Waals surface area contributed by atoms with E-state index in [0.29, 0.717) is 5.96 Å². The van der Waals surface area contributed by atoms with Gasteiger partial charge in [-0.25, -0.2) is 4.98 Å². The molecule has 0 unspecified atom stereocenters. The number of nitriles is 1. The van der Waals surface area contributed by atoms with Crippen molar-refractivity contribution in [2.24, 2.45) is 4.99 Å². The van der Waals surface area contributed by atoms with Crippen LogP contribution in [0.25, 0.3) is 0 Å². The van der Waals surface area contributed by atoms with Gasteiger partial charge in [0.15, 0.2) is 0 Å². The Kier molecular flexibility index (Phi) is 6.84. The minimum atomic E-state index is 0.475. The Labute approximate surface area is 143 Å². The van der Waals surface area contributed by atoms with Crippen molar-refractivity contribution < 1.29 is 0 Å². The van der Waals surface area contributed by atoms with Crippen LogP contribution in [-0.4, -0.2) is 22.1 Å². The molecule has 6 nitrogen and oxygen atoms in total. The Bertz CT molecular complexity index is 693. The van der Waals surface area contributed by atoms with E-state index in [1.807, 2.05) is 37.8 Å². The number of hydrogen-bond donors (Lipinski definition) is 2. The lowest BCUT2D eigenvalue weighted by Crippen LogP contribution is -2.31. The number of benzene rings is 1. The van der Waals surface area contributed by atoms with Gasteiger partial charge in [0, 0.05) is 25.0 Å². The number of aromatic nitrogens is 2. The fraction of sp³-hybridized carbons (Fsp3) is 0.389. The molecular formula is C18H24N6. The molecular weight excluding hydrogens is 300 g/mol. The van der Waals surface area contributed by atoms with Gasteiger partial charge in [-0.15, -0.1) is 4.99 Å². The van der Waals surface area contributed by atoms with Gasteiger partial charge in [0.2, 0.25) is 12.2 Å². The van der Waals surface area contributed by atoms with Gasteiger partial charge < -0.3 is 15.2 Å². The molecule has 2 N–H and O–H groups in total. The van der Waals surface area contributed by atoms with Crippen LogP contribution in [0.4, 0.5) is 5.69 Å². The Hall–Kier alpha value is -2.81. The first kappa shape index (κ1) is 17.5. The number of aryl methyl sites for hydroxylation is 3. The molecule has 6 heteroatoms. The van der Waals surface area contributed by atoms with E-state index in [4.69, 9.17) is 5.26 Å². The molecule has 2 aromatic rings. The first-order valence-corrected chi connectivity index (χ1v) is 8.26. The zero-order chi connectivity index (χ0) is 17.2. The standard InChI is InChI=1S/C18H24N6/c1-3-5-16-6-8-17(9-7-16)23-18(21-13-19)20-10-4-11-24-12-15(2)22-14-24/h6-9,12,14H,3-5,10-11H2,1-2H3,(H2,20,21,23). The van der Waals surface area contributed by atoms with Crippen molar-refractivity contribution in [2.45, 2.75) is 39.7 Å². The lowest BCUT2D eigenvalue weighted by Gasteiger charge is -2.11. The van der Waals surface area contributed by atoms with E-state index >= 15 is 0 Å². The van der Waals surface area contributed by atoms with Crippen LogP contribution < -0.4 is 10.6 Å². The van der Waals surface area contributed by atoms with E-state index in [2.05, 4.69) is 44.2 Å². The number of nitrogens with zero attached hydrogens (tertiary/aromatic N) is 4. The van der Waals surface area contributed by atoms with E-state index in [0.717, 1.165) is 43.7 Å². The lowest BCUT2D eigenvalue weighted by atomic mass is 10.1. The number of aliphatic imine (C=N–C) groups is 1. The molecule has 1 aromatic heterocycles. The Morgan fingerprint density at radius 2 is 2.12 bits per heavy atom. The molecule has 0 amide bonds. The molecule has 126 valence electrons. The Balaban J connectivity index is 1.81. The largest absolute Gasteiger partial charge is 0.355 e. The minimum absolute atomic E-state index is 0.475. The molecule has 1 heterocycles. The zero-order valence-corrected chi connectivity index (χ0v) is 14.3. The highest BCUT2D eigenvalue weighted by atomic mass is 15.2. The van der Waals surface area contributed by atoms with Crippen LogP contribution in [0.5, 0.6) is 0 Å². The molecule has 24 heavy (non-hydrogen) atoms. The van der Waals surface area contributed by atoms with Gasteiger partial charge in [0.05, 0.1) is 12.0 Å². The second-order valence-electron chi connectivity index (χ2n) is 5.67. The lowest BCUT2D eigenvalue weighted by molar-refractivity contribution is 0.630. The summed E-state index contributed by atoms with van der Waals surface area (Å²) in [6, 6.07) is 8.20. The quantitative estimate of drug-likeness (QED) is 0.355. The maximum absolute atomic E-state index is 8.84. The molecule has 0 saturated carbocycles. The summed E-state index contributed by atoms with van der Waals surface area (Å²) in [5, 5.41) is 15.2. The van der Waals surface area contributed by atoms with Gasteiger partial charge in [-0.1, -0.05) is 25.5 Å². The molecule has 0 aliphatic heterocycles. The van der Waals surface area contributed by atoms with E-state index in [9.17, 15) is 0 Å². The maximum Gasteiger partial charge on any atom is 0.211 e. The van der Waals surface area contributed by atoms with E-state index < -0.39 is 0 Å².